The predicted molar refractivity (Wildman–Crippen MR) is 61.8 cm³/mol. The zero-order valence-electron chi connectivity index (χ0n) is 9.94. The number of carbonyl (C=O) groups excluding carboxylic acids is 1. The maximum atomic E-state index is 12.1. The molecule has 88 valence electrons. The lowest BCUT2D eigenvalue weighted by molar-refractivity contribution is -0.129. The molecule has 2 fully saturated rings. The number of nitrogens with two attached hydrogens (primary N) is 1. The molecule has 3 rings (SSSR count). The lowest BCUT2D eigenvalue weighted by Crippen LogP contribution is -2.51. The largest absolute Gasteiger partial charge is 0.369 e. The van der Waals surface area contributed by atoms with Crippen LogP contribution in [0.25, 0.3) is 0 Å². The number of hydrogen-bond acceptors (Lipinski definition) is 3. The second-order valence-corrected chi connectivity index (χ2v) is 6.03. The van der Waals surface area contributed by atoms with E-state index >= 15 is 0 Å². The molecule has 0 aromatic heterocycles. The molecule has 0 radical (unpaired) electrons. The van der Waals surface area contributed by atoms with Gasteiger partial charge < -0.3 is 5.73 Å². The van der Waals surface area contributed by atoms with E-state index in [0.29, 0.717) is 24.3 Å². The highest BCUT2D eigenvalue weighted by Gasteiger charge is 2.53. The van der Waals surface area contributed by atoms with Crippen LogP contribution in [0.1, 0.15) is 39.5 Å². The van der Waals surface area contributed by atoms with Crippen LogP contribution in [0.2, 0.25) is 0 Å². The molecule has 2 saturated carbocycles. The van der Waals surface area contributed by atoms with E-state index in [2.05, 4.69) is 4.99 Å². The Hall–Kier alpha value is -1.06. The van der Waals surface area contributed by atoms with Crippen LogP contribution in [-0.4, -0.2) is 28.3 Å². The molecule has 1 amide bonds. The Morgan fingerprint density at radius 2 is 2.12 bits per heavy atom. The first-order valence-electron chi connectivity index (χ1n) is 6.15. The van der Waals surface area contributed by atoms with Crippen LogP contribution in [0.15, 0.2) is 4.99 Å². The van der Waals surface area contributed by atoms with Gasteiger partial charge in [0.1, 0.15) is 0 Å². The van der Waals surface area contributed by atoms with Crippen molar-refractivity contribution in [2.75, 3.05) is 0 Å². The topological polar surface area (TPSA) is 58.7 Å². The molecular weight excluding hydrogens is 202 g/mol. The van der Waals surface area contributed by atoms with Crippen molar-refractivity contribution < 1.29 is 4.79 Å². The van der Waals surface area contributed by atoms with Crippen molar-refractivity contribution in [2.45, 2.75) is 51.1 Å². The van der Waals surface area contributed by atoms with Crippen LogP contribution in [0.3, 0.4) is 0 Å². The number of rotatable bonds is 2. The van der Waals surface area contributed by atoms with E-state index in [0.717, 1.165) is 12.3 Å². The molecular formula is C12H19N3O. The number of amides is 1. The summed E-state index contributed by atoms with van der Waals surface area (Å²) in [5.41, 5.74) is 5.61. The molecule has 4 nitrogen and oxygen atoms in total. The molecule has 1 heterocycles. The van der Waals surface area contributed by atoms with Gasteiger partial charge in [0.15, 0.2) is 5.96 Å². The molecule has 2 atom stereocenters. The number of hydrogen-bond donors (Lipinski definition) is 1. The third-order valence-electron chi connectivity index (χ3n) is 3.88. The Morgan fingerprint density at radius 3 is 2.69 bits per heavy atom. The number of guanidine groups is 1. The summed E-state index contributed by atoms with van der Waals surface area (Å²) in [5.74, 6) is 2.17. The van der Waals surface area contributed by atoms with Crippen molar-refractivity contribution in [3.05, 3.63) is 0 Å². The summed E-state index contributed by atoms with van der Waals surface area (Å²) in [6.45, 7) is 3.92. The Labute approximate surface area is 95.9 Å². The van der Waals surface area contributed by atoms with Crippen LogP contribution in [0.5, 0.6) is 0 Å². The Bertz CT molecular complexity index is 370. The van der Waals surface area contributed by atoms with Gasteiger partial charge in [-0.1, -0.05) is 0 Å². The molecule has 3 aliphatic rings. The summed E-state index contributed by atoms with van der Waals surface area (Å²) < 4.78 is 0. The molecule has 0 aromatic carbocycles. The van der Waals surface area contributed by atoms with Gasteiger partial charge in [0.2, 0.25) is 5.91 Å². The smallest absolute Gasteiger partial charge is 0.231 e. The van der Waals surface area contributed by atoms with Crippen molar-refractivity contribution in [1.82, 2.24) is 4.90 Å². The van der Waals surface area contributed by atoms with Gasteiger partial charge in [-0.15, -0.1) is 0 Å². The lowest BCUT2D eigenvalue weighted by atomic mass is 9.99. The molecule has 0 saturated heterocycles. The third-order valence-corrected chi connectivity index (χ3v) is 3.88. The number of carbonyl (C=O) groups is 1. The molecule has 4 heteroatoms. The Morgan fingerprint density at radius 1 is 1.44 bits per heavy atom. The zero-order valence-corrected chi connectivity index (χ0v) is 9.94. The average Bonchev–Trinajstić information content (AvgIpc) is 2.93. The highest BCUT2D eigenvalue weighted by Crippen LogP contribution is 2.52. The monoisotopic (exact) mass is 221 g/mol. The molecule has 0 aromatic rings. The third kappa shape index (κ3) is 1.60. The normalized spacial score (nSPS) is 37.2. The first-order chi connectivity index (χ1) is 7.48. The van der Waals surface area contributed by atoms with Gasteiger partial charge in [-0.05, 0) is 44.9 Å². The van der Waals surface area contributed by atoms with E-state index in [4.69, 9.17) is 5.73 Å². The van der Waals surface area contributed by atoms with Gasteiger partial charge in [-0.3, -0.25) is 9.69 Å². The van der Waals surface area contributed by atoms with Gasteiger partial charge in [-0.25, -0.2) is 4.99 Å². The minimum Gasteiger partial charge on any atom is -0.369 e. The molecule has 1 unspecified atom stereocenters. The maximum Gasteiger partial charge on any atom is 0.231 e. The highest BCUT2D eigenvalue weighted by atomic mass is 16.2. The summed E-state index contributed by atoms with van der Waals surface area (Å²) in [7, 11) is 0. The van der Waals surface area contributed by atoms with Crippen molar-refractivity contribution in [3.63, 3.8) is 0 Å². The first kappa shape index (κ1) is 10.1. The minimum atomic E-state index is -0.318. The van der Waals surface area contributed by atoms with E-state index in [1.54, 1.807) is 4.90 Å². The summed E-state index contributed by atoms with van der Waals surface area (Å²) in [4.78, 5) is 18.2. The van der Waals surface area contributed by atoms with E-state index in [9.17, 15) is 4.79 Å². The summed E-state index contributed by atoms with van der Waals surface area (Å²) >= 11 is 0. The second-order valence-electron chi connectivity index (χ2n) is 6.03. The van der Waals surface area contributed by atoms with E-state index in [-0.39, 0.29) is 11.4 Å². The fraction of sp³-hybridized carbons (Fsp3) is 0.833. The first-order valence-corrected chi connectivity index (χ1v) is 6.15. The van der Waals surface area contributed by atoms with Gasteiger partial charge in [0, 0.05) is 6.04 Å². The lowest BCUT2D eigenvalue weighted by Gasteiger charge is -2.33. The molecule has 2 aliphatic carbocycles. The van der Waals surface area contributed by atoms with Crippen LogP contribution < -0.4 is 5.73 Å². The minimum absolute atomic E-state index is 0.158. The van der Waals surface area contributed by atoms with Crippen molar-refractivity contribution in [2.24, 2.45) is 22.6 Å². The predicted octanol–water partition coefficient (Wildman–Crippen LogP) is 1.11. The number of aliphatic imine (C=N–C) groups is 1. The summed E-state index contributed by atoms with van der Waals surface area (Å²) in [6, 6.07) is 0.361. The fourth-order valence-corrected chi connectivity index (χ4v) is 2.87. The number of nitrogens with zero attached hydrogens (tertiary/aromatic N) is 2. The maximum absolute atomic E-state index is 12.1. The van der Waals surface area contributed by atoms with Crippen LogP contribution in [0.4, 0.5) is 0 Å². The standard InChI is InChI=1S/C12H19N3O/c1-12(2)6-10(16)15(11(13)14-12)9-5-8(9)7-3-4-7/h7-9H,3-6H2,1-2H3,(H2,13,14)/t8-,9?/m0/s1. The van der Waals surface area contributed by atoms with Gasteiger partial charge >= 0.3 is 0 Å². The quantitative estimate of drug-likeness (QED) is 0.759. The van der Waals surface area contributed by atoms with Crippen LogP contribution in [-0.2, 0) is 4.79 Å². The van der Waals surface area contributed by atoms with E-state index in [1.165, 1.54) is 12.8 Å². The van der Waals surface area contributed by atoms with Crippen LogP contribution >= 0.6 is 0 Å². The average molecular weight is 221 g/mol. The molecule has 1 aliphatic heterocycles. The Balaban J connectivity index is 1.78. The highest BCUT2D eigenvalue weighted by molar-refractivity contribution is 5.99. The van der Waals surface area contributed by atoms with Crippen molar-refractivity contribution in [1.29, 1.82) is 0 Å². The second kappa shape index (κ2) is 2.99. The molecule has 0 spiro atoms. The van der Waals surface area contributed by atoms with Crippen LogP contribution in [0, 0.1) is 11.8 Å². The summed E-state index contributed by atoms with van der Waals surface area (Å²) in [6.07, 6.45) is 4.30. The summed E-state index contributed by atoms with van der Waals surface area (Å²) in [5, 5.41) is 0. The zero-order chi connectivity index (χ0) is 11.5. The Kier molecular flexibility index (Phi) is 1.89. The SMILES string of the molecule is CC1(C)CC(=O)N(C2C[C@H]2C2CC2)C(N)=N1. The van der Waals surface area contributed by atoms with Crippen molar-refractivity contribution >= 4 is 11.9 Å². The fourth-order valence-electron chi connectivity index (χ4n) is 2.87. The van der Waals surface area contributed by atoms with Gasteiger partial charge in [0.25, 0.3) is 0 Å². The van der Waals surface area contributed by atoms with Gasteiger partial charge in [-0.2, -0.15) is 0 Å². The molecule has 0 bridgehead atoms. The van der Waals surface area contributed by atoms with E-state index in [1.807, 2.05) is 13.8 Å². The molecule has 2 N–H and O–H groups in total. The molecule has 16 heavy (non-hydrogen) atoms. The van der Waals surface area contributed by atoms with E-state index < -0.39 is 0 Å². The van der Waals surface area contributed by atoms with Gasteiger partial charge in [0.05, 0.1) is 12.0 Å². The van der Waals surface area contributed by atoms with Crippen molar-refractivity contribution in [3.8, 4) is 0 Å².